The third-order valence-corrected chi connectivity index (χ3v) is 2.47. The molecule has 1 aromatic rings. The van der Waals surface area contributed by atoms with Crippen molar-refractivity contribution in [2.45, 2.75) is 6.10 Å². The summed E-state index contributed by atoms with van der Waals surface area (Å²) in [5, 5.41) is 21.6. The van der Waals surface area contributed by atoms with Gasteiger partial charge in [-0.2, -0.15) is 4.39 Å². The highest BCUT2D eigenvalue weighted by Gasteiger charge is 2.33. The maximum atomic E-state index is 13.4. The van der Waals surface area contributed by atoms with E-state index in [0.717, 1.165) is 0 Å². The molecule has 0 spiro atoms. The molecule has 0 bridgehead atoms. The summed E-state index contributed by atoms with van der Waals surface area (Å²) in [6, 6.07) is 0. The van der Waals surface area contributed by atoms with E-state index in [0.29, 0.717) is 0 Å². The molecule has 1 unspecified atom stereocenters. The SMILES string of the molecule is O=[N+]([O-])c1c(F)c(F)c(F)c(F)c1NCC(O)CCl. The molecule has 0 heterocycles. The molecule has 0 saturated heterocycles. The van der Waals surface area contributed by atoms with Crippen LogP contribution < -0.4 is 5.32 Å². The molecule has 0 aliphatic rings. The molecule has 0 aromatic heterocycles. The summed E-state index contributed by atoms with van der Waals surface area (Å²) in [5.41, 5.74) is -2.77. The first kappa shape index (κ1) is 15.4. The van der Waals surface area contributed by atoms with Crippen LogP contribution in [0.25, 0.3) is 0 Å². The number of aliphatic hydroxyl groups excluding tert-OH is 1. The van der Waals surface area contributed by atoms with Crippen LogP contribution in [0.3, 0.4) is 0 Å². The maximum absolute atomic E-state index is 13.4. The van der Waals surface area contributed by atoms with E-state index >= 15 is 0 Å². The standard InChI is InChI=1S/C9H7ClF4N2O3/c10-1-3(17)2-15-8-6(13)4(11)5(12)7(14)9(8)16(18)19/h3,15,17H,1-2H2. The van der Waals surface area contributed by atoms with Crippen molar-refractivity contribution in [3.63, 3.8) is 0 Å². The third kappa shape index (κ3) is 3.04. The van der Waals surface area contributed by atoms with Crippen molar-refractivity contribution < 1.29 is 27.6 Å². The van der Waals surface area contributed by atoms with Crippen molar-refractivity contribution in [3.8, 4) is 0 Å². The Hall–Kier alpha value is -1.61. The minimum Gasteiger partial charge on any atom is -0.390 e. The zero-order chi connectivity index (χ0) is 14.7. The second kappa shape index (κ2) is 6.02. The van der Waals surface area contributed by atoms with Crippen LogP contribution in [0.4, 0.5) is 28.9 Å². The summed E-state index contributed by atoms with van der Waals surface area (Å²) in [4.78, 5) is 9.15. The molecule has 1 aromatic carbocycles. The molecule has 2 N–H and O–H groups in total. The van der Waals surface area contributed by atoms with Gasteiger partial charge in [0.05, 0.1) is 16.9 Å². The number of hydrogen-bond acceptors (Lipinski definition) is 4. The Kier molecular flexibility index (Phi) is 4.90. The van der Waals surface area contributed by atoms with Crippen molar-refractivity contribution in [2.24, 2.45) is 0 Å². The van der Waals surface area contributed by atoms with Crippen LogP contribution in [0.15, 0.2) is 0 Å². The van der Waals surface area contributed by atoms with Crippen LogP contribution in [-0.2, 0) is 0 Å². The van der Waals surface area contributed by atoms with E-state index in [1.54, 1.807) is 0 Å². The average molecular weight is 303 g/mol. The second-order valence-electron chi connectivity index (χ2n) is 3.43. The highest BCUT2D eigenvalue weighted by molar-refractivity contribution is 6.18. The molecule has 106 valence electrons. The van der Waals surface area contributed by atoms with Crippen molar-refractivity contribution in [2.75, 3.05) is 17.7 Å². The van der Waals surface area contributed by atoms with Crippen LogP contribution in [0.1, 0.15) is 0 Å². The van der Waals surface area contributed by atoms with Gasteiger partial charge in [-0.1, -0.05) is 0 Å². The van der Waals surface area contributed by atoms with Gasteiger partial charge in [-0.15, -0.1) is 11.6 Å². The number of nitrogens with one attached hydrogen (secondary N) is 1. The summed E-state index contributed by atoms with van der Waals surface area (Å²) >= 11 is 5.22. The second-order valence-corrected chi connectivity index (χ2v) is 3.73. The van der Waals surface area contributed by atoms with E-state index in [4.69, 9.17) is 16.7 Å². The molecule has 19 heavy (non-hydrogen) atoms. The predicted molar refractivity (Wildman–Crippen MR) is 58.1 cm³/mol. The normalized spacial score (nSPS) is 12.3. The highest BCUT2D eigenvalue weighted by Crippen LogP contribution is 2.34. The van der Waals surface area contributed by atoms with E-state index in [1.807, 2.05) is 5.32 Å². The molecular weight excluding hydrogens is 296 g/mol. The van der Waals surface area contributed by atoms with Gasteiger partial charge in [0.25, 0.3) is 0 Å². The molecular formula is C9H7ClF4N2O3. The fraction of sp³-hybridized carbons (Fsp3) is 0.333. The molecule has 10 heteroatoms. The smallest absolute Gasteiger partial charge is 0.333 e. The van der Waals surface area contributed by atoms with E-state index in [2.05, 4.69) is 0 Å². The largest absolute Gasteiger partial charge is 0.390 e. The first-order chi connectivity index (χ1) is 8.81. The van der Waals surface area contributed by atoms with Gasteiger partial charge in [-0.3, -0.25) is 10.1 Å². The Labute approximate surface area is 108 Å². The number of benzene rings is 1. The highest BCUT2D eigenvalue weighted by atomic mass is 35.5. The fourth-order valence-corrected chi connectivity index (χ4v) is 1.34. The zero-order valence-electron chi connectivity index (χ0n) is 9.09. The number of alkyl halides is 1. The molecule has 5 nitrogen and oxygen atoms in total. The topological polar surface area (TPSA) is 75.4 Å². The molecule has 0 saturated carbocycles. The van der Waals surface area contributed by atoms with Crippen LogP contribution in [-0.4, -0.2) is 28.6 Å². The number of hydrogen-bond donors (Lipinski definition) is 2. The third-order valence-electron chi connectivity index (χ3n) is 2.12. The van der Waals surface area contributed by atoms with Gasteiger partial charge in [0.1, 0.15) is 0 Å². The number of aliphatic hydroxyl groups is 1. The number of nitrogens with zero attached hydrogens (tertiary/aromatic N) is 1. The van der Waals surface area contributed by atoms with Gasteiger partial charge >= 0.3 is 5.69 Å². The van der Waals surface area contributed by atoms with Gasteiger partial charge in [0, 0.05) is 6.54 Å². The predicted octanol–water partition coefficient (Wildman–Crippen LogP) is 2.16. The maximum Gasteiger partial charge on any atom is 0.333 e. The first-order valence-corrected chi connectivity index (χ1v) is 5.32. The van der Waals surface area contributed by atoms with Crippen LogP contribution >= 0.6 is 11.6 Å². The van der Waals surface area contributed by atoms with Crippen molar-refractivity contribution in [3.05, 3.63) is 33.4 Å². The lowest BCUT2D eigenvalue weighted by Gasteiger charge is -2.12. The number of nitro groups is 1. The number of halogens is 5. The number of anilines is 1. The fourth-order valence-electron chi connectivity index (χ4n) is 1.23. The zero-order valence-corrected chi connectivity index (χ0v) is 9.85. The number of nitro benzene ring substituents is 1. The van der Waals surface area contributed by atoms with E-state index < -0.39 is 52.2 Å². The van der Waals surface area contributed by atoms with Crippen molar-refractivity contribution in [1.82, 2.24) is 0 Å². The van der Waals surface area contributed by atoms with E-state index in [-0.39, 0.29) is 5.88 Å². The summed E-state index contributed by atoms with van der Waals surface area (Å²) < 4.78 is 52.4. The van der Waals surface area contributed by atoms with E-state index in [9.17, 15) is 27.7 Å². The quantitative estimate of drug-likeness (QED) is 0.218. The first-order valence-electron chi connectivity index (χ1n) is 4.79. The Morgan fingerprint density at radius 2 is 1.74 bits per heavy atom. The molecule has 1 rings (SSSR count). The van der Waals surface area contributed by atoms with Gasteiger partial charge in [0.15, 0.2) is 17.3 Å². The van der Waals surface area contributed by atoms with Gasteiger partial charge in [-0.25, -0.2) is 13.2 Å². The average Bonchev–Trinajstić information content (AvgIpc) is 2.37. The van der Waals surface area contributed by atoms with Crippen molar-refractivity contribution >= 4 is 23.0 Å². The van der Waals surface area contributed by atoms with E-state index in [1.165, 1.54) is 0 Å². The summed E-state index contributed by atoms with van der Waals surface area (Å²) in [6.45, 7) is -0.508. The summed E-state index contributed by atoms with van der Waals surface area (Å²) in [6.07, 6.45) is -1.24. The summed E-state index contributed by atoms with van der Waals surface area (Å²) in [5.74, 6) is -8.85. The number of rotatable bonds is 5. The van der Waals surface area contributed by atoms with Crippen LogP contribution in [0, 0.1) is 33.4 Å². The van der Waals surface area contributed by atoms with Crippen molar-refractivity contribution in [1.29, 1.82) is 0 Å². The molecule has 0 fully saturated rings. The Morgan fingerprint density at radius 1 is 1.21 bits per heavy atom. The molecule has 0 amide bonds. The summed E-state index contributed by atoms with van der Waals surface area (Å²) in [7, 11) is 0. The molecule has 1 atom stereocenters. The Balaban J connectivity index is 3.31. The van der Waals surface area contributed by atoms with Crippen LogP contribution in [0.2, 0.25) is 0 Å². The van der Waals surface area contributed by atoms with Gasteiger partial charge in [-0.05, 0) is 0 Å². The lowest BCUT2D eigenvalue weighted by atomic mass is 10.2. The Morgan fingerprint density at radius 3 is 2.21 bits per heavy atom. The lowest BCUT2D eigenvalue weighted by molar-refractivity contribution is -0.387. The van der Waals surface area contributed by atoms with Crippen LogP contribution in [0.5, 0.6) is 0 Å². The minimum absolute atomic E-state index is 0.297. The molecule has 0 aliphatic heterocycles. The van der Waals surface area contributed by atoms with Gasteiger partial charge < -0.3 is 10.4 Å². The monoisotopic (exact) mass is 302 g/mol. The molecule has 0 radical (unpaired) electrons. The minimum atomic E-state index is -2.28. The molecule has 0 aliphatic carbocycles. The van der Waals surface area contributed by atoms with Gasteiger partial charge in [0.2, 0.25) is 11.6 Å². The Bertz CT molecular complexity index is 515. The lowest BCUT2D eigenvalue weighted by Crippen LogP contribution is -2.22.